The van der Waals surface area contributed by atoms with Crippen LogP contribution in [0.4, 0.5) is 0 Å². The molecule has 1 aliphatic heterocycles. The van der Waals surface area contributed by atoms with Gasteiger partial charge in [-0.1, -0.05) is 6.07 Å². The molecule has 2 heterocycles. The van der Waals surface area contributed by atoms with E-state index in [9.17, 15) is 0 Å². The van der Waals surface area contributed by atoms with Gasteiger partial charge in [0.2, 0.25) is 0 Å². The summed E-state index contributed by atoms with van der Waals surface area (Å²) < 4.78 is 5.73. The molecule has 2 heteroatoms. The molecule has 17 heavy (non-hydrogen) atoms. The number of fused-ring (bicyclic) bond motifs is 1. The Morgan fingerprint density at radius 3 is 2.71 bits per heavy atom. The van der Waals surface area contributed by atoms with Crippen molar-refractivity contribution in [1.82, 2.24) is 5.32 Å². The molecule has 1 saturated heterocycles. The van der Waals surface area contributed by atoms with Gasteiger partial charge in [0, 0.05) is 24.0 Å². The van der Waals surface area contributed by atoms with E-state index in [2.05, 4.69) is 31.3 Å². The molecule has 0 spiro atoms. The van der Waals surface area contributed by atoms with Gasteiger partial charge in [-0.3, -0.25) is 0 Å². The fraction of sp³-hybridized carbons (Fsp3) is 0.467. The number of hydrogen-bond acceptors (Lipinski definition) is 1. The van der Waals surface area contributed by atoms with Gasteiger partial charge in [0.05, 0.1) is 6.26 Å². The van der Waals surface area contributed by atoms with Gasteiger partial charge in [0.15, 0.2) is 0 Å². The van der Waals surface area contributed by atoms with Crippen LogP contribution in [0.5, 0.6) is 0 Å². The van der Waals surface area contributed by atoms with E-state index in [1.54, 1.807) is 0 Å². The molecule has 0 saturated carbocycles. The van der Waals surface area contributed by atoms with E-state index >= 15 is 0 Å². The molecule has 1 radical (unpaired) electrons. The molecule has 0 N–H and O–H groups in total. The quantitative estimate of drug-likeness (QED) is 0.733. The topological polar surface area (TPSA) is 27.2 Å². The summed E-state index contributed by atoms with van der Waals surface area (Å²) in [5.41, 5.74) is 5.05. The van der Waals surface area contributed by atoms with Gasteiger partial charge < -0.3 is 4.42 Å². The van der Waals surface area contributed by atoms with Crippen LogP contribution < -0.4 is 5.32 Å². The van der Waals surface area contributed by atoms with E-state index in [1.807, 2.05) is 6.26 Å². The van der Waals surface area contributed by atoms with Crippen molar-refractivity contribution in [2.75, 3.05) is 13.1 Å². The Kier molecular flexibility index (Phi) is 2.67. The van der Waals surface area contributed by atoms with Crippen molar-refractivity contribution in [3.05, 3.63) is 35.1 Å². The lowest BCUT2D eigenvalue weighted by Gasteiger charge is -2.21. The van der Waals surface area contributed by atoms with Crippen molar-refractivity contribution in [3.8, 4) is 0 Å². The second-order valence-electron chi connectivity index (χ2n) is 5.09. The number of furan rings is 1. The highest BCUT2D eigenvalue weighted by atomic mass is 16.3. The molecule has 1 aromatic heterocycles. The van der Waals surface area contributed by atoms with Gasteiger partial charge in [-0.25, -0.2) is 5.32 Å². The summed E-state index contributed by atoms with van der Waals surface area (Å²) >= 11 is 0. The van der Waals surface area contributed by atoms with Crippen molar-refractivity contribution >= 4 is 11.0 Å². The first-order valence-electron chi connectivity index (χ1n) is 6.37. The molecule has 3 rings (SSSR count). The molecule has 0 bridgehead atoms. The summed E-state index contributed by atoms with van der Waals surface area (Å²) in [6, 6.07) is 4.38. The first-order valence-corrected chi connectivity index (χ1v) is 6.37. The molecule has 1 aliphatic rings. The van der Waals surface area contributed by atoms with E-state index in [0.717, 1.165) is 18.7 Å². The summed E-state index contributed by atoms with van der Waals surface area (Å²) in [4.78, 5) is 0. The average Bonchev–Trinajstić information content (AvgIpc) is 2.74. The number of nitrogens with zero attached hydrogens (tertiary/aromatic N) is 1. The van der Waals surface area contributed by atoms with E-state index in [1.165, 1.54) is 34.9 Å². The maximum atomic E-state index is 5.73. The fourth-order valence-corrected chi connectivity index (χ4v) is 2.94. The Morgan fingerprint density at radius 1 is 1.18 bits per heavy atom. The number of rotatable bonds is 1. The van der Waals surface area contributed by atoms with E-state index in [4.69, 9.17) is 4.42 Å². The van der Waals surface area contributed by atoms with Crippen molar-refractivity contribution < 1.29 is 4.42 Å². The number of benzene rings is 1. The lowest BCUT2D eigenvalue weighted by Crippen LogP contribution is -2.20. The highest BCUT2D eigenvalue weighted by molar-refractivity contribution is 5.85. The second kappa shape index (κ2) is 4.19. The number of piperidine rings is 1. The Balaban J connectivity index is 2.10. The van der Waals surface area contributed by atoms with Gasteiger partial charge in [0.1, 0.15) is 5.58 Å². The Morgan fingerprint density at radius 2 is 1.94 bits per heavy atom. The lowest BCUT2D eigenvalue weighted by atomic mass is 9.88. The molecule has 1 aromatic carbocycles. The normalized spacial score (nSPS) is 17.8. The van der Waals surface area contributed by atoms with Crippen LogP contribution in [0.15, 0.2) is 22.8 Å². The molecular formula is C15H18NO. The minimum Gasteiger partial charge on any atom is -0.464 e. The number of hydrogen-bond donors (Lipinski definition) is 0. The summed E-state index contributed by atoms with van der Waals surface area (Å²) in [7, 11) is 0. The van der Waals surface area contributed by atoms with Crippen molar-refractivity contribution in [3.63, 3.8) is 0 Å². The second-order valence-corrected chi connectivity index (χ2v) is 5.09. The molecule has 0 atom stereocenters. The van der Waals surface area contributed by atoms with Crippen LogP contribution in [0.1, 0.15) is 35.4 Å². The highest BCUT2D eigenvalue weighted by Crippen LogP contribution is 2.35. The average molecular weight is 228 g/mol. The first kappa shape index (κ1) is 10.8. The summed E-state index contributed by atoms with van der Waals surface area (Å²) in [6.07, 6.45) is 4.30. The Hall–Kier alpha value is -1.28. The maximum absolute atomic E-state index is 5.73. The van der Waals surface area contributed by atoms with Crippen molar-refractivity contribution in [2.24, 2.45) is 0 Å². The molecule has 0 amide bonds. The zero-order valence-corrected chi connectivity index (χ0v) is 10.5. The lowest BCUT2D eigenvalue weighted by molar-refractivity contribution is 0.451. The zero-order valence-electron chi connectivity index (χ0n) is 10.5. The van der Waals surface area contributed by atoms with Gasteiger partial charge in [-0.15, -0.1) is 0 Å². The third kappa shape index (κ3) is 1.87. The minimum atomic E-state index is 0.634. The highest BCUT2D eigenvalue weighted by Gasteiger charge is 2.21. The van der Waals surface area contributed by atoms with Crippen molar-refractivity contribution in [1.29, 1.82) is 0 Å². The van der Waals surface area contributed by atoms with Crippen LogP contribution in [0.3, 0.4) is 0 Å². The predicted octanol–water partition coefficient (Wildman–Crippen LogP) is 3.53. The SMILES string of the molecule is Cc1cc(C)c2c(C3CC[N]CC3)coc2c1. The molecule has 2 aromatic rings. The van der Waals surface area contributed by atoms with Crippen LogP contribution in [0.2, 0.25) is 0 Å². The molecule has 0 aliphatic carbocycles. The maximum Gasteiger partial charge on any atom is 0.134 e. The summed E-state index contributed by atoms with van der Waals surface area (Å²) in [5, 5.41) is 5.76. The van der Waals surface area contributed by atoms with Gasteiger partial charge in [-0.05, 0) is 49.8 Å². The standard InChI is InChI=1S/C15H18NO/c1-10-7-11(2)15-13(9-17-14(15)8-10)12-3-5-16-6-4-12/h7-9,12H,3-6H2,1-2H3. The van der Waals surface area contributed by atoms with Gasteiger partial charge in [-0.2, -0.15) is 0 Å². The molecule has 2 nitrogen and oxygen atoms in total. The fourth-order valence-electron chi connectivity index (χ4n) is 2.94. The Bertz CT molecular complexity index is 535. The van der Waals surface area contributed by atoms with Crippen LogP contribution in [0.25, 0.3) is 11.0 Å². The third-order valence-corrected chi connectivity index (χ3v) is 3.76. The van der Waals surface area contributed by atoms with E-state index in [0.29, 0.717) is 5.92 Å². The van der Waals surface area contributed by atoms with Gasteiger partial charge in [0.25, 0.3) is 0 Å². The number of aryl methyl sites for hydroxylation is 2. The smallest absolute Gasteiger partial charge is 0.134 e. The zero-order chi connectivity index (χ0) is 11.8. The third-order valence-electron chi connectivity index (χ3n) is 3.76. The van der Waals surface area contributed by atoms with Crippen LogP contribution in [0, 0.1) is 13.8 Å². The predicted molar refractivity (Wildman–Crippen MR) is 69.5 cm³/mol. The monoisotopic (exact) mass is 228 g/mol. The van der Waals surface area contributed by atoms with Gasteiger partial charge >= 0.3 is 0 Å². The Labute approximate surface area is 102 Å². The molecule has 89 valence electrons. The van der Waals surface area contributed by atoms with Crippen LogP contribution >= 0.6 is 0 Å². The molecule has 1 fully saturated rings. The van der Waals surface area contributed by atoms with Crippen LogP contribution in [-0.2, 0) is 0 Å². The summed E-state index contributed by atoms with van der Waals surface area (Å²) in [6.45, 7) is 6.31. The van der Waals surface area contributed by atoms with Crippen LogP contribution in [-0.4, -0.2) is 13.1 Å². The molecule has 0 unspecified atom stereocenters. The van der Waals surface area contributed by atoms with E-state index < -0.39 is 0 Å². The molecular weight excluding hydrogens is 210 g/mol. The first-order chi connectivity index (χ1) is 8.25. The largest absolute Gasteiger partial charge is 0.464 e. The summed E-state index contributed by atoms with van der Waals surface area (Å²) in [5.74, 6) is 0.634. The van der Waals surface area contributed by atoms with E-state index in [-0.39, 0.29) is 0 Å². The minimum absolute atomic E-state index is 0.634. The van der Waals surface area contributed by atoms with Crippen molar-refractivity contribution in [2.45, 2.75) is 32.6 Å².